The van der Waals surface area contributed by atoms with Crippen LogP contribution in [0.4, 0.5) is 22.7 Å². The van der Waals surface area contributed by atoms with Gasteiger partial charge in [-0.3, -0.25) is 0 Å². The quantitative estimate of drug-likeness (QED) is 0.102. The van der Waals surface area contributed by atoms with Gasteiger partial charge in [-0.15, -0.1) is 0 Å². The first-order valence-corrected chi connectivity index (χ1v) is 21.8. The molecule has 0 radical (unpaired) electrons. The highest BCUT2D eigenvalue weighted by Crippen LogP contribution is 2.59. The molecule has 0 aromatic heterocycles. The highest BCUT2D eigenvalue weighted by atomic mass is 16.5. The fourth-order valence-corrected chi connectivity index (χ4v) is 10.7. The minimum Gasteiger partial charge on any atom is -0.497 e. The summed E-state index contributed by atoms with van der Waals surface area (Å²) < 4.78 is 11.2. The van der Waals surface area contributed by atoms with E-state index in [4.69, 9.17) is 9.47 Å². The average molecular weight is 801 g/mol. The zero-order chi connectivity index (χ0) is 42.2. The molecule has 0 spiro atoms. The summed E-state index contributed by atoms with van der Waals surface area (Å²) in [4.78, 5) is 5.01. The first-order chi connectivity index (χ1) is 29.2. The molecular weight excluding hydrogens is 741 g/mol. The molecule has 2 aliphatic rings. The number of benzene rings is 6. The molecule has 6 heteroatoms. The molecule has 2 N–H and O–H groups in total. The van der Waals surface area contributed by atoms with Crippen LogP contribution in [0.5, 0.6) is 11.5 Å². The van der Waals surface area contributed by atoms with Gasteiger partial charge >= 0.3 is 0 Å². The van der Waals surface area contributed by atoms with Gasteiger partial charge in [-0.05, 0) is 155 Å². The second kappa shape index (κ2) is 16.5. The minimum atomic E-state index is -0.411. The minimum absolute atomic E-state index is 0.00298. The predicted octanol–water partition coefficient (Wildman–Crippen LogP) is 12.6. The van der Waals surface area contributed by atoms with Crippen LogP contribution in [0.3, 0.4) is 0 Å². The molecule has 8 rings (SSSR count). The van der Waals surface area contributed by atoms with Gasteiger partial charge in [-0.1, -0.05) is 88.7 Å². The maximum Gasteiger partial charge on any atom is 0.119 e. The Bertz CT molecular complexity index is 2340. The summed E-state index contributed by atoms with van der Waals surface area (Å²) in [7, 11) is 3.44. The summed E-state index contributed by atoms with van der Waals surface area (Å²) in [6.07, 6.45) is 5.79. The SMILES string of the molecule is CCCC(C)(c1ccc2c(c1)C(CC)(CC)c1cc3c(cc1-2)CC3(CC)N(c1ccc(OC)cc1)c1ccc(OC)cc1)N(c1ccc(CO)cc1)c1ccc(CO)cc1. The highest BCUT2D eigenvalue weighted by Gasteiger charge is 2.51. The molecule has 0 bridgehead atoms. The third kappa shape index (κ3) is 6.56. The summed E-state index contributed by atoms with van der Waals surface area (Å²) in [5, 5.41) is 19.8. The summed E-state index contributed by atoms with van der Waals surface area (Å²) in [5.41, 5.74) is 15.1. The Kier molecular flexibility index (Phi) is 11.3. The standard InChI is InChI=1S/C54H60N2O4/c1-8-30-52(5,55(41-17-12-37(35-57)13-18-41)42-19-14-38(36-58)15-20-42)40-16-29-47-48-31-39-34-54(11-4,49(39)33-51(48)53(9-2,10-3)50(47)32-40)56(43-21-25-45(59-6)26-22-43)44-23-27-46(60-7)28-24-44/h12-29,31-33,57-58H,8-11,30,34-36H2,1-7H3. The summed E-state index contributed by atoms with van der Waals surface area (Å²) in [5.74, 6) is 1.69. The molecule has 6 aromatic rings. The molecule has 6 nitrogen and oxygen atoms in total. The number of anilines is 4. The van der Waals surface area contributed by atoms with Gasteiger partial charge in [0.15, 0.2) is 0 Å². The molecule has 0 saturated heterocycles. The molecule has 60 heavy (non-hydrogen) atoms. The van der Waals surface area contributed by atoms with Crippen molar-refractivity contribution >= 4 is 22.7 Å². The summed E-state index contributed by atoms with van der Waals surface area (Å²) >= 11 is 0. The van der Waals surface area contributed by atoms with E-state index in [2.05, 4.69) is 148 Å². The first kappa shape index (κ1) is 41.2. The van der Waals surface area contributed by atoms with Crippen molar-refractivity contribution in [2.75, 3.05) is 24.0 Å². The zero-order valence-corrected chi connectivity index (χ0v) is 36.4. The Hall–Kier alpha value is -5.56. The highest BCUT2D eigenvalue weighted by molar-refractivity contribution is 5.85. The van der Waals surface area contributed by atoms with E-state index in [1.807, 2.05) is 24.3 Å². The number of hydrogen-bond donors (Lipinski definition) is 2. The number of hydrogen-bond acceptors (Lipinski definition) is 6. The maximum absolute atomic E-state index is 9.92. The van der Waals surface area contributed by atoms with Gasteiger partial charge in [-0.2, -0.15) is 0 Å². The van der Waals surface area contributed by atoms with Crippen LogP contribution in [0.15, 0.2) is 127 Å². The van der Waals surface area contributed by atoms with Crippen molar-refractivity contribution in [3.63, 3.8) is 0 Å². The van der Waals surface area contributed by atoms with Crippen LogP contribution < -0.4 is 19.3 Å². The lowest BCUT2D eigenvalue weighted by Crippen LogP contribution is -2.51. The van der Waals surface area contributed by atoms with E-state index in [1.165, 1.54) is 38.9 Å². The average Bonchev–Trinajstić information content (AvgIpc) is 3.57. The second-order valence-corrected chi connectivity index (χ2v) is 16.9. The van der Waals surface area contributed by atoms with Crippen molar-refractivity contribution < 1.29 is 19.7 Å². The van der Waals surface area contributed by atoms with E-state index in [1.54, 1.807) is 14.2 Å². The maximum atomic E-state index is 9.92. The fraction of sp³-hybridized carbons (Fsp3) is 0.333. The van der Waals surface area contributed by atoms with Crippen molar-refractivity contribution in [1.29, 1.82) is 0 Å². The molecule has 2 unspecified atom stereocenters. The number of methoxy groups -OCH3 is 2. The van der Waals surface area contributed by atoms with Crippen LogP contribution in [0.2, 0.25) is 0 Å². The number of aliphatic hydroxyl groups excluding tert-OH is 2. The number of fused-ring (bicyclic) bond motifs is 4. The lowest BCUT2D eigenvalue weighted by atomic mass is 9.64. The zero-order valence-electron chi connectivity index (χ0n) is 36.4. The molecule has 0 aliphatic heterocycles. The van der Waals surface area contributed by atoms with Gasteiger partial charge in [0, 0.05) is 34.6 Å². The van der Waals surface area contributed by atoms with Crippen LogP contribution >= 0.6 is 0 Å². The van der Waals surface area contributed by atoms with Crippen molar-refractivity contribution in [2.45, 2.75) is 103 Å². The van der Waals surface area contributed by atoms with Crippen molar-refractivity contribution in [2.24, 2.45) is 0 Å². The van der Waals surface area contributed by atoms with Crippen molar-refractivity contribution in [1.82, 2.24) is 0 Å². The van der Waals surface area contributed by atoms with Gasteiger partial charge in [0.1, 0.15) is 11.5 Å². The Balaban J connectivity index is 1.27. The first-order valence-electron chi connectivity index (χ1n) is 21.8. The third-order valence-electron chi connectivity index (χ3n) is 14.1. The topological polar surface area (TPSA) is 65.4 Å². The molecule has 6 aromatic carbocycles. The van der Waals surface area contributed by atoms with Gasteiger partial charge in [0.25, 0.3) is 0 Å². The summed E-state index contributed by atoms with van der Waals surface area (Å²) in [6.45, 7) is 11.7. The lowest BCUT2D eigenvalue weighted by Gasteiger charge is -2.53. The molecular formula is C54H60N2O4. The monoisotopic (exact) mass is 800 g/mol. The fourth-order valence-electron chi connectivity index (χ4n) is 10.7. The van der Waals surface area contributed by atoms with Gasteiger partial charge < -0.3 is 29.5 Å². The lowest BCUT2D eigenvalue weighted by molar-refractivity contribution is 0.281. The van der Waals surface area contributed by atoms with Crippen molar-refractivity contribution in [3.05, 3.63) is 166 Å². The van der Waals surface area contributed by atoms with Crippen LogP contribution in [0, 0.1) is 0 Å². The van der Waals surface area contributed by atoms with Gasteiger partial charge in [0.05, 0.1) is 38.5 Å². The van der Waals surface area contributed by atoms with Crippen molar-refractivity contribution in [3.8, 4) is 22.6 Å². The summed E-state index contributed by atoms with van der Waals surface area (Å²) in [6, 6.07) is 46.0. The van der Waals surface area contributed by atoms with Crippen LogP contribution in [-0.4, -0.2) is 24.4 Å². The normalized spacial score (nSPS) is 16.8. The molecule has 2 atom stereocenters. The molecule has 2 aliphatic carbocycles. The number of rotatable bonds is 16. The Morgan fingerprint density at radius 2 is 1.07 bits per heavy atom. The third-order valence-corrected chi connectivity index (χ3v) is 14.1. The van der Waals surface area contributed by atoms with E-state index in [9.17, 15) is 10.2 Å². The van der Waals surface area contributed by atoms with E-state index in [0.29, 0.717) is 0 Å². The van der Waals surface area contributed by atoms with E-state index < -0.39 is 5.54 Å². The largest absolute Gasteiger partial charge is 0.497 e. The second-order valence-electron chi connectivity index (χ2n) is 16.9. The number of ether oxygens (including phenoxy) is 2. The Morgan fingerprint density at radius 1 is 0.567 bits per heavy atom. The van der Waals surface area contributed by atoms with E-state index in [-0.39, 0.29) is 24.2 Å². The van der Waals surface area contributed by atoms with E-state index in [0.717, 1.165) is 83.9 Å². The van der Waals surface area contributed by atoms with E-state index >= 15 is 0 Å². The van der Waals surface area contributed by atoms with Crippen LogP contribution in [-0.2, 0) is 36.1 Å². The molecule has 0 heterocycles. The Labute approximate surface area is 357 Å². The smallest absolute Gasteiger partial charge is 0.119 e. The number of nitrogens with zero attached hydrogens (tertiary/aromatic N) is 2. The molecule has 0 amide bonds. The molecule has 0 saturated carbocycles. The molecule has 0 fully saturated rings. The van der Waals surface area contributed by atoms with Gasteiger partial charge in [-0.25, -0.2) is 0 Å². The van der Waals surface area contributed by atoms with Crippen LogP contribution in [0.25, 0.3) is 11.1 Å². The van der Waals surface area contributed by atoms with Gasteiger partial charge in [0.2, 0.25) is 0 Å². The van der Waals surface area contributed by atoms with Crippen LogP contribution in [0.1, 0.15) is 106 Å². The molecule has 310 valence electrons. The number of aliphatic hydroxyl groups is 2. The Morgan fingerprint density at radius 3 is 1.52 bits per heavy atom. The predicted molar refractivity (Wildman–Crippen MR) is 246 cm³/mol.